The summed E-state index contributed by atoms with van der Waals surface area (Å²) in [4.78, 5) is 7.22. The van der Waals surface area contributed by atoms with E-state index in [9.17, 15) is 0 Å². The molecule has 0 radical (unpaired) electrons. The lowest BCUT2D eigenvalue weighted by atomic mass is 10.1. The van der Waals surface area contributed by atoms with Gasteiger partial charge in [0.25, 0.3) is 0 Å². The maximum absolute atomic E-state index is 5.82. The predicted molar refractivity (Wildman–Crippen MR) is 88.2 cm³/mol. The van der Waals surface area contributed by atoms with Gasteiger partial charge in [0, 0.05) is 23.7 Å². The van der Waals surface area contributed by atoms with Gasteiger partial charge < -0.3 is 10.6 Å². The van der Waals surface area contributed by atoms with Crippen molar-refractivity contribution in [2.75, 3.05) is 17.2 Å². The number of rotatable bonds is 6. The summed E-state index contributed by atoms with van der Waals surface area (Å²) in [6, 6.07) is 10.6. The maximum Gasteiger partial charge on any atom is 0.129 e. The summed E-state index contributed by atoms with van der Waals surface area (Å²) >= 11 is 0. The number of aromatic nitrogens is 1. The van der Waals surface area contributed by atoms with Crippen molar-refractivity contribution in [2.24, 2.45) is 0 Å². The van der Waals surface area contributed by atoms with Gasteiger partial charge in [-0.3, -0.25) is 0 Å². The summed E-state index contributed by atoms with van der Waals surface area (Å²) in [6.45, 7) is 7.79. The van der Waals surface area contributed by atoms with Crippen LogP contribution in [0.5, 0.6) is 0 Å². The van der Waals surface area contributed by atoms with Crippen LogP contribution >= 0.6 is 0 Å². The van der Waals surface area contributed by atoms with Crippen molar-refractivity contribution >= 4 is 22.4 Å². The van der Waals surface area contributed by atoms with Crippen LogP contribution in [0.4, 0.5) is 11.5 Å². The van der Waals surface area contributed by atoms with E-state index in [-0.39, 0.29) is 0 Å². The van der Waals surface area contributed by atoms with Crippen LogP contribution < -0.4 is 10.6 Å². The number of unbranched alkanes of at least 4 members (excludes halogenated alkanes) is 1. The third-order valence-electron chi connectivity index (χ3n) is 3.87. The van der Waals surface area contributed by atoms with E-state index in [0.29, 0.717) is 6.04 Å². The number of nitrogens with two attached hydrogens (primary N) is 1. The Morgan fingerprint density at radius 1 is 1.20 bits per heavy atom. The molecule has 0 aliphatic heterocycles. The predicted octanol–water partition coefficient (Wildman–Crippen LogP) is 4.22. The van der Waals surface area contributed by atoms with Crippen molar-refractivity contribution in [2.45, 2.75) is 46.1 Å². The van der Waals surface area contributed by atoms with Crippen LogP contribution in [0, 0.1) is 0 Å². The van der Waals surface area contributed by atoms with Crippen molar-refractivity contribution in [3.8, 4) is 0 Å². The van der Waals surface area contributed by atoms with Gasteiger partial charge in [-0.1, -0.05) is 20.3 Å². The van der Waals surface area contributed by atoms with Crippen LogP contribution in [-0.2, 0) is 0 Å². The summed E-state index contributed by atoms with van der Waals surface area (Å²) in [6.07, 6.45) is 3.54. The van der Waals surface area contributed by atoms with Crippen molar-refractivity contribution in [3.63, 3.8) is 0 Å². The van der Waals surface area contributed by atoms with Gasteiger partial charge in [-0.2, -0.15) is 0 Å². The van der Waals surface area contributed by atoms with Gasteiger partial charge in [0.2, 0.25) is 0 Å². The average Bonchev–Trinajstić information content (AvgIpc) is 2.47. The molecule has 0 bridgehead atoms. The van der Waals surface area contributed by atoms with Crippen LogP contribution in [0.25, 0.3) is 10.9 Å². The van der Waals surface area contributed by atoms with Gasteiger partial charge in [-0.05, 0) is 50.1 Å². The van der Waals surface area contributed by atoms with Crippen LogP contribution in [-0.4, -0.2) is 17.6 Å². The zero-order valence-corrected chi connectivity index (χ0v) is 12.8. The summed E-state index contributed by atoms with van der Waals surface area (Å²) < 4.78 is 0. The summed E-state index contributed by atoms with van der Waals surface area (Å²) in [5.41, 5.74) is 7.62. The monoisotopic (exact) mass is 271 g/mol. The van der Waals surface area contributed by atoms with Gasteiger partial charge >= 0.3 is 0 Å². The molecule has 1 heterocycles. The molecule has 1 atom stereocenters. The second-order valence-corrected chi connectivity index (χ2v) is 5.43. The molecule has 1 unspecified atom stereocenters. The number of anilines is 2. The Morgan fingerprint density at radius 2 is 2.00 bits per heavy atom. The number of pyridine rings is 1. The average molecular weight is 271 g/mol. The Labute approximate surface area is 121 Å². The fourth-order valence-corrected chi connectivity index (χ4v) is 2.40. The molecule has 3 heteroatoms. The van der Waals surface area contributed by atoms with Gasteiger partial charge in [0.1, 0.15) is 5.82 Å². The van der Waals surface area contributed by atoms with E-state index in [4.69, 9.17) is 10.7 Å². The topological polar surface area (TPSA) is 42.1 Å². The number of fused-ring (bicyclic) bond motifs is 1. The molecule has 108 valence electrons. The third-order valence-corrected chi connectivity index (χ3v) is 3.87. The Balaban J connectivity index is 2.34. The van der Waals surface area contributed by atoms with Gasteiger partial charge in [0.15, 0.2) is 0 Å². The molecule has 2 aromatic rings. The van der Waals surface area contributed by atoms with E-state index < -0.39 is 0 Å². The first kappa shape index (κ1) is 14.6. The SMILES string of the molecule is CCCCN(c1ccc2cc(N)ccc2n1)C(C)CC. The molecule has 1 aromatic carbocycles. The van der Waals surface area contributed by atoms with Gasteiger partial charge in [0.05, 0.1) is 5.52 Å². The normalized spacial score (nSPS) is 12.6. The van der Waals surface area contributed by atoms with Crippen molar-refractivity contribution in [1.29, 1.82) is 0 Å². The number of benzene rings is 1. The highest BCUT2D eigenvalue weighted by molar-refractivity contribution is 5.83. The molecule has 0 aliphatic carbocycles. The molecule has 3 nitrogen and oxygen atoms in total. The summed E-state index contributed by atoms with van der Waals surface area (Å²) in [5.74, 6) is 1.07. The van der Waals surface area contributed by atoms with E-state index in [1.807, 2.05) is 18.2 Å². The largest absolute Gasteiger partial charge is 0.399 e. The first-order chi connectivity index (χ1) is 9.65. The Morgan fingerprint density at radius 3 is 2.70 bits per heavy atom. The first-order valence-corrected chi connectivity index (χ1v) is 7.58. The number of hydrogen-bond donors (Lipinski definition) is 1. The first-order valence-electron chi connectivity index (χ1n) is 7.58. The zero-order chi connectivity index (χ0) is 14.5. The van der Waals surface area contributed by atoms with Crippen LogP contribution in [0.15, 0.2) is 30.3 Å². The second kappa shape index (κ2) is 6.60. The van der Waals surface area contributed by atoms with Crippen molar-refractivity contribution in [1.82, 2.24) is 4.98 Å². The van der Waals surface area contributed by atoms with E-state index in [1.54, 1.807) is 0 Å². The molecule has 0 amide bonds. The molecule has 0 fully saturated rings. The molecular formula is C17H25N3. The zero-order valence-electron chi connectivity index (χ0n) is 12.8. The standard InChI is InChI=1S/C17H25N3/c1-4-6-11-20(13(3)5-2)17-10-7-14-12-15(18)8-9-16(14)19-17/h7-10,12-13H,4-6,11,18H2,1-3H3. The van der Waals surface area contributed by atoms with Crippen LogP contribution in [0.1, 0.15) is 40.0 Å². The molecule has 0 aliphatic rings. The molecule has 20 heavy (non-hydrogen) atoms. The minimum atomic E-state index is 0.514. The highest BCUT2D eigenvalue weighted by Crippen LogP contribution is 2.22. The molecule has 0 saturated heterocycles. The lowest BCUT2D eigenvalue weighted by molar-refractivity contribution is 0.590. The van der Waals surface area contributed by atoms with Crippen molar-refractivity contribution in [3.05, 3.63) is 30.3 Å². The molecule has 2 N–H and O–H groups in total. The minimum absolute atomic E-state index is 0.514. The van der Waals surface area contributed by atoms with Gasteiger partial charge in [-0.15, -0.1) is 0 Å². The molecule has 2 rings (SSSR count). The molecule has 0 spiro atoms. The minimum Gasteiger partial charge on any atom is -0.399 e. The summed E-state index contributed by atoms with van der Waals surface area (Å²) in [5, 5.41) is 1.10. The Hall–Kier alpha value is -1.77. The van der Waals surface area contributed by atoms with Crippen molar-refractivity contribution < 1.29 is 0 Å². The van der Waals surface area contributed by atoms with Crippen LogP contribution in [0.2, 0.25) is 0 Å². The van der Waals surface area contributed by atoms with Crippen LogP contribution in [0.3, 0.4) is 0 Å². The fourth-order valence-electron chi connectivity index (χ4n) is 2.40. The number of nitrogen functional groups attached to an aromatic ring is 1. The third kappa shape index (κ3) is 3.21. The number of hydrogen-bond acceptors (Lipinski definition) is 3. The van der Waals surface area contributed by atoms with E-state index in [2.05, 4.69) is 37.8 Å². The highest BCUT2D eigenvalue weighted by atomic mass is 15.2. The Bertz CT molecular complexity index is 565. The lowest BCUT2D eigenvalue weighted by Gasteiger charge is -2.30. The molecule has 0 saturated carbocycles. The maximum atomic E-state index is 5.82. The molecule has 1 aromatic heterocycles. The quantitative estimate of drug-likeness (QED) is 0.800. The van der Waals surface area contributed by atoms with E-state index in [1.165, 1.54) is 12.8 Å². The van der Waals surface area contributed by atoms with E-state index >= 15 is 0 Å². The van der Waals surface area contributed by atoms with E-state index in [0.717, 1.165) is 35.4 Å². The number of nitrogens with zero attached hydrogens (tertiary/aromatic N) is 2. The van der Waals surface area contributed by atoms with Gasteiger partial charge in [-0.25, -0.2) is 4.98 Å². The fraction of sp³-hybridized carbons (Fsp3) is 0.471. The lowest BCUT2D eigenvalue weighted by Crippen LogP contribution is -2.34. The summed E-state index contributed by atoms with van der Waals surface area (Å²) in [7, 11) is 0. The molecular weight excluding hydrogens is 246 g/mol. The smallest absolute Gasteiger partial charge is 0.129 e. The second-order valence-electron chi connectivity index (χ2n) is 5.43. The highest BCUT2D eigenvalue weighted by Gasteiger charge is 2.14. The Kier molecular flexibility index (Phi) is 4.83.